The molecule has 0 spiro atoms. The quantitative estimate of drug-likeness (QED) is 0.570. The van der Waals surface area contributed by atoms with Crippen LogP contribution in [0.3, 0.4) is 0 Å². The Balaban J connectivity index is 1.27. The van der Waals surface area contributed by atoms with Gasteiger partial charge >= 0.3 is 0 Å². The molecule has 0 aliphatic carbocycles. The largest absolute Gasteiger partial charge is 0.497 e. The third kappa shape index (κ3) is 5.17. The predicted molar refractivity (Wildman–Crippen MR) is 124 cm³/mol. The number of carbonyl (C=O) groups excluding carboxylic acids is 1. The number of nitrogens with zero attached hydrogens (tertiary/aromatic N) is 4. The minimum absolute atomic E-state index is 0.0163. The number of rotatable bonds is 7. The molecule has 0 radical (unpaired) electrons. The van der Waals surface area contributed by atoms with E-state index in [9.17, 15) is 4.79 Å². The first-order valence-electron chi connectivity index (χ1n) is 10.9. The Kier molecular flexibility index (Phi) is 6.84. The fourth-order valence-corrected chi connectivity index (χ4v) is 3.65. The first-order chi connectivity index (χ1) is 15.7. The number of amides is 1. The van der Waals surface area contributed by atoms with Crippen molar-refractivity contribution in [3.05, 3.63) is 66.2 Å². The summed E-state index contributed by atoms with van der Waals surface area (Å²) in [5.74, 6) is 2.22. The molecule has 0 atom stereocenters. The molecule has 1 saturated heterocycles. The molecule has 1 aliphatic heterocycles. The molecule has 32 heavy (non-hydrogen) atoms. The first kappa shape index (κ1) is 21.6. The van der Waals surface area contributed by atoms with E-state index in [1.54, 1.807) is 19.2 Å². The lowest BCUT2D eigenvalue weighted by atomic mass is 10.1. The maximum atomic E-state index is 12.5. The Morgan fingerprint density at radius 3 is 2.16 bits per heavy atom. The van der Waals surface area contributed by atoms with Gasteiger partial charge in [0.1, 0.15) is 11.5 Å². The zero-order valence-corrected chi connectivity index (χ0v) is 18.5. The van der Waals surface area contributed by atoms with Crippen molar-refractivity contribution in [2.75, 3.05) is 44.8 Å². The van der Waals surface area contributed by atoms with Crippen molar-refractivity contribution < 1.29 is 14.3 Å². The average molecular weight is 433 g/mol. The van der Waals surface area contributed by atoms with E-state index in [1.165, 1.54) is 5.56 Å². The van der Waals surface area contributed by atoms with Crippen LogP contribution in [0.25, 0.3) is 11.3 Å². The van der Waals surface area contributed by atoms with E-state index in [2.05, 4.69) is 46.3 Å². The summed E-state index contributed by atoms with van der Waals surface area (Å²) in [4.78, 5) is 16.5. The highest BCUT2D eigenvalue weighted by Gasteiger charge is 2.22. The molecule has 1 fully saturated rings. The molecule has 2 aromatic carbocycles. The molecule has 1 aromatic heterocycles. The van der Waals surface area contributed by atoms with Gasteiger partial charge in [0.15, 0.2) is 12.4 Å². The summed E-state index contributed by atoms with van der Waals surface area (Å²) >= 11 is 0. The van der Waals surface area contributed by atoms with Gasteiger partial charge < -0.3 is 19.3 Å². The van der Waals surface area contributed by atoms with Crippen LogP contribution in [0.5, 0.6) is 11.5 Å². The molecule has 0 bridgehead atoms. The van der Waals surface area contributed by atoms with Crippen molar-refractivity contribution in [3.63, 3.8) is 0 Å². The van der Waals surface area contributed by atoms with Crippen molar-refractivity contribution in [2.24, 2.45) is 0 Å². The van der Waals surface area contributed by atoms with Crippen LogP contribution in [0.15, 0.2) is 60.7 Å². The third-order valence-corrected chi connectivity index (χ3v) is 5.69. The zero-order valence-electron chi connectivity index (χ0n) is 18.5. The zero-order chi connectivity index (χ0) is 22.3. The molecular weight excluding hydrogens is 404 g/mol. The number of aryl methyl sites for hydroxylation is 1. The Labute approximate surface area is 188 Å². The maximum absolute atomic E-state index is 12.5. The predicted octanol–water partition coefficient (Wildman–Crippen LogP) is 3.44. The summed E-state index contributed by atoms with van der Waals surface area (Å²) in [6, 6.07) is 19.6. The number of ether oxygens (including phenoxy) is 2. The third-order valence-electron chi connectivity index (χ3n) is 5.69. The second kappa shape index (κ2) is 10.1. The highest BCUT2D eigenvalue weighted by atomic mass is 16.5. The number of hydrogen-bond acceptors (Lipinski definition) is 6. The van der Waals surface area contributed by atoms with Crippen LogP contribution < -0.4 is 14.4 Å². The van der Waals surface area contributed by atoms with Gasteiger partial charge in [0, 0.05) is 31.7 Å². The number of aromatic nitrogens is 2. The normalized spacial score (nSPS) is 13.7. The lowest BCUT2D eigenvalue weighted by molar-refractivity contribution is -0.133. The van der Waals surface area contributed by atoms with E-state index in [0.29, 0.717) is 31.9 Å². The van der Waals surface area contributed by atoms with Gasteiger partial charge in [-0.2, -0.15) is 0 Å². The van der Waals surface area contributed by atoms with Crippen LogP contribution in [0.4, 0.5) is 5.82 Å². The summed E-state index contributed by atoms with van der Waals surface area (Å²) in [5, 5.41) is 8.83. The van der Waals surface area contributed by atoms with Gasteiger partial charge in [-0.05, 0) is 48.4 Å². The van der Waals surface area contributed by atoms with Crippen LogP contribution in [0.2, 0.25) is 0 Å². The molecule has 3 aromatic rings. The first-order valence-corrected chi connectivity index (χ1v) is 10.9. The smallest absolute Gasteiger partial charge is 0.260 e. The fraction of sp³-hybridized carbons (Fsp3) is 0.320. The van der Waals surface area contributed by atoms with Crippen LogP contribution in [0, 0.1) is 0 Å². The minimum atomic E-state index is -0.0163. The van der Waals surface area contributed by atoms with E-state index < -0.39 is 0 Å². The second-order valence-corrected chi connectivity index (χ2v) is 7.66. The Morgan fingerprint density at radius 2 is 1.56 bits per heavy atom. The number of anilines is 1. The Morgan fingerprint density at radius 1 is 0.875 bits per heavy atom. The van der Waals surface area contributed by atoms with Gasteiger partial charge in [-0.15, -0.1) is 10.2 Å². The molecule has 0 unspecified atom stereocenters. The van der Waals surface area contributed by atoms with E-state index >= 15 is 0 Å². The summed E-state index contributed by atoms with van der Waals surface area (Å²) in [5.41, 5.74) is 3.23. The van der Waals surface area contributed by atoms with Gasteiger partial charge in [-0.25, -0.2) is 0 Å². The number of carbonyl (C=O) groups is 1. The fourth-order valence-electron chi connectivity index (χ4n) is 3.65. The van der Waals surface area contributed by atoms with Gasteiger partial charge in [-0.1, -0.05) is 31.2 Å². The van der Waals surface area contributed by atoms with Crippen molar-refractivity contribution >= 4 is 11.7 Å². The van der Waals surface area contributed by atoms with Gasteiger partial charge in [-0.3, -0.25) is 4.79 Å². The Bertz CT molecular complexity index is 1010. The average Bonchev–Trinajstić information content (AvgIpc) is 2.88. The van der Waals surface area contributed by atoms with Crippen molar-refractivity contribution in [3.8, 4) is 22.8 Å². The second-order valence-electron chi connectivity index (χ2n) is 7.66. The van der Waals surface area contributed by atoms with Crippen molar-refractivity contribution in [1.29, 1.82) is 0 Å². The maximum Gasteiger partial charge on any atom is 0.260 e. The van der Waals surface area contributed by atoms with Crippen LogP contribution in [-0.4, -0.2) is 60.9 Å². The summed E-state index contributed by atoms with van der Waals surface area (Å²) in [7, 11) is 1.62. The molecular formula is C25H28N4O3. The topological polar surface area (TPSA) is 67.8 Å². The molecule has 1 amide bonds. The van der Waals surface area contributed by atoms with Crippen LogP contribution in [-0.2, 0) is 11.2 Å². The van der Waals surface area contributed by atoms with Crippen molar-refractivity contribution in [1.82, 2.24) is 15.1 Å². The van der Waals surface area contributed by atoms with Gasteiger partial charge in [0.05, 0.1) is 12.8 Å². The molecule has 0 N–H and O–H groups in total. The summed E-state index contributed by atoms with van der Waals surface area (Å²) < 4.78 is 10.7. The van der Waals surface area contributed by atoms with Crippen LogP contribution >= 0.6 is 0 Å². The standard InChI is InChI=1S/C25H28N4O3/c1-3-19-4-6-20(7-5-19)23-12-13-24(27-26-23)28-14-16-29(17-15-28)25(30)18-32-22-10-8-21(31-2)9-11-22/h4-13H,3,14-18H2,1-2H3. The minimum Gasteiger partial charge on any atom is -0.497 e. The number of hydrogen-bond donors (Lipinski definition) is 0. The number of piperazine rings is 1. The molecule has 7 heteroatoms. The number of benzene rings is 2. The van der Waals surface area contributed by atoms with E-state index in [0.717, 1.165) is 29.2 Å². The highest BCUT2D eigenvalue weighted by molar-refractivity contribution is 5.78. The SMILES string of the molecule is CCc1ccc(-c2ccc(N3CCN(C(=O)COc4ccc(OC)cc4)CC3)nn2)cc1. The molecule has 2 heterocycles. The monoisotopic (exact) mass is 432 g/mol. The molecule has 4 rings (SSSR count). The summed E-state index contributed by atoms with van der Waals surface area (Å²) in [6.07, 6.45) is 1.02. The van der Waals surface area contributed by atoms with E-state index in [4.69, 9.17) is 9.47 Å². The molecule has 1 aliphatic rings. The molecule has 0 saturated carbocycles. The van der Waals surface area contributed by atoms with Crippen molar-refractivity contribution in [2.45, 2.75) is 13.3 Å². The lowest BCUT2D eigenvalue weighted by Crippen LogP contribution is -2.50. The summed E-state index contributed by atoms with van der Waals surface area (Å²) in [6.45, 7) is 4.86. The highest BCUT2D eigenvalue weighted by Crippen LogP contribution is 2.21. The molecule has 166 valence electrons. The lowest BCUT2D eigenvalue weighted by Gasteiger charge is -2.35. The van der Waals surface area contributed by atoms with Gasteiger partial charge in [0.2, 0.25) is 0 Å². The Hall–Kier alpha value is -3.61. The molecule has 7 nitrogen and oxygen atoms in total. The number of methoxy groups -OCH3 is 1. The van der Waals surface area contributed by atoms with E-state index in [1.807, 2.05) is 29.2 Å². The van der Waals surface area contributed by atoms with Gasteiger partial charge in [0.25, 0.3) is 5.91 Å². The van der Waals surface area contributed by atoms with Crippen LogP contribution in [0.1, 0.15) is 12.5 Å². The van der Waals surface area contributed by atoms with E-state index in [-0.39, 0.29) is 12.5 Å².